The number of halogens is 5. The third kappa shape index (κ3) is 4.76. The van der Waals surface area contributed by atoms with Gasteiger partial charge in [0.25, 0.3) is 11.8 Å². The van der Waals surface area contributed by atoms with E-state index in [1.54, 1.807) is 25.1 Å². The minimum atomic E-state index is -5.17. The van der Waals surface area contributed by atoms with Gasteiger partial charge in [0, 0.05) is 16.3 Å². The van der Waals surface area contributed by atoms with E-state index in [9.17, 15) is 27.9 Å². The van der Waals surface area contributed by atoms with Crippen molar-refractivity contribution in [2.45, 2.75) is 25.6 Å². The number of nitrogens with one attached hydrogen (secondary N) is 2. The Bertz CT molecular complexity index is 931. The Labute approximate surface area is 168 Å². The van der Waals surface area contributed by atoms with E-state index < -0.39 is 23.6 Å². The Balaban J connectivity index is 2.17. The molecule has 0 heterocycles. The number of amides is 2. The molecule has 0 radical (unpaired) electrons. The number of anilines is 2. The van der Waals surface area contributed by atoms with Gasteiger partial charge < -0.3 is 15.7 Å². The van der Waals surface area contributed by atoms with E-state index in [1.807, 2.05) is 5.32 Å². The van der Waals surface area contributed by atoms with Crippen molar-refractivity contribution in [3.8, 4) is 0 Å². The van der Waals surface area contributed by atoms with Gasteiger partial charge in [0.1, 0.15) is 0 Å². The van der Waals surface area contributed by atoms with E-state index in [0.717, 1.165) is 11.6 Å². The number of hydrogen-bond donors (Lipinski definition) is 3. The fraction of sp³-hybridized carbons (Fsp3) is 0.222. The van der Waals surface area contributed by atoms with Crippen LogP contribution in [0.3, 0.4) is 0 Å². The Morgan fingerprint density at radius 3 is 2.14 bits per heavy atom. The summed E-state index contributed by atoms with van der Waals surface area (Å²) in [5, 5.41) is 14.3. The smallest absolute Gasteiger partial charge is 0.373 e. The van der Waals surface area contributed by atoms with Crippen molar-refractivity contribution in [2.75, 3.05) is 10.6 Å². The van der Waals surface area contributed by atoms with Gasteiger partial charge in [-0.15, -0.1) is 0 Å². The summed E-state index contributed by atoms with van der Waals surface area (Å²) in [6.45, 7) is 2.08. The van der Waals surface area contributed by atoms with Crippen molar-refractivity contribution in [1.29, 1.82) is 0 Å². The molecule has 0 aliphatic rings. The zero-order chi connectivity index (χ0) is 21.3. The first-order valence-electron chi connectivity index (χ1n) is 7.80. The van der Waals surface area contributed by atoms with Gasteiger partial charge >= 0.3 is 6.18 Å². The van der Waals surface area contributed by atoms with Crippen molar-refractivity contribution in [2.24, 2.45) is 0 Å². The van der Waals surface area contributed by atoms with Gasteiger partial charge in [-0.05, 0) is 55.8 Å². The van der Waals surface area contributed by atoms with Crippen LogP contribution in [0, 0.1) is 6.92 Å². The highest BCUT2D eigenvalue weighted by Gasteiger charge is 2.55. The van der Waals surface area contributed by atoms with E-state index in [2.05, 4.69) is 5.32 Å². The third-order valence-corrected chi connectivity index (χ3v) is 4.46. The molecule has 1 unspecified atom stereocenters. The second-order valence-corrected chi connectivity index (χ2v) is 6.98. The van der Waals surface area contributed by atoms with E-state index in [4.69, 9.17) is 23.2 Å². The Morgan fingerprint density at radius 1 is 1.00 bits per heavy atom. The summed E-state index contributed by atoms with van der Waals surface area (Å²) in [6.07, 6.45) is -5.17. The first kappa shape index (κ1) is 22.0. The molecule has 0 saturated carbocycles. The zero-order valence-corrected chi connectivity index (χ0v) is 16.1. The molecule has 0 saturated heterocycles. The lowest BCUT2D eigenvalue weighted by Gasteiger charge is -2.25. The van der Waals surface area contributed by atoms with Crippen LogP contribution in [0.5, 0.6) is 0 Å². The molecule has 10 heteroatoms. The number of rotatable bonds is 4. The first-order valence-corrected chi connectivity index (χ1v) is 8.56. The number of carbonyl (C=O) groups is 2. The SMILES string of the molecule is Cc1cc(Cl)ccc1NC(=O)c1ccc(NC(=O)C(C)(O)C(F)(F)F)c(Cl)c1. The molecule has 0 aliphatic carbocycles. The molecule has 0 spiro atoms. The highest BCUT2D eigenvalue weighted by atomic mass is 35.5. The lowest BCUT2D eigenvalue weighted by atomic mass is 10.1. The normalized spacial score (nSPS) is 13.6. The summed E-state index contributed by atoms with van der Waals surface area (Å²) in [5.41, 5.74) is -2.43. The van der Waals surface area contributed by atoms with E-state index in [-0.39, 0.29) is 16.3 Å². The van der Waals surface area contributed by atoms with Crippen molar-refractivity contribution >= 4 is 46.4 Å². The minimum absolute atomic E-state index is 0.111. The van der Waals surface area contributed by atoms with Crippen LogP contribution in [0.1, 0.15) is 22.8 Å². The maximum atomic E-state index is 12.7. The summed E-state index contributed by atoms with van der Waals surface area (Å²) < 4.78 is 38.1. The Kier molecular flexibility index (Phi) is 6.27. The predicted molar refractivity (Wildman–Crippen MR) is 101 cm³/mol. The maximum absolute atomic E-state index is 12.7. The van der Waals surface area contributed by atoms with Crippen LogP contribution in [-0.4, -0.2) is 28.7 Å². The number of benzene rings is 2. The zero-order valence-electron chi connectivity index (χ0n) is 14.6. The molecule has 150 valence electrons. The number of carbonyl (C=O) groups excluding carboxylic acids is 2. The molecule has 0 fully saturated rings. The molecule has 28 heavy (non-hydrogen) atoms. The largest absolute Gasteiger partial charge is 0.426 e. The van der Waals surface area contributed by atoms with Gasteiger partial charge in [0.05, 0.1) is 10.7 Å². The van der Waals surface area contributed by atoms with Gasteiger partial charge in [-0.3, -0.25) is 9.59 Å². The topological polar surface area (TPSA) is 78.4 Å². The average molecular weight is 435 g/mol. The van der Waals surface area contributed by atoms with Crippen molar-refractivity contribution < 1.29 is 27.9 Å². The van der Waals surface area contributed by atoms with E-state index in [1.165, 1.54) is 12.1 Å². The molecule has 2 aromatic carbocycles. The van der Waals surface area contributed by atoms with Gasteiger partial charge in [0.2, 0.25) is 5.60 Å². The van der Waals surface area contributed by atoms with Gasteiger partial charge in [-0.2, -0.15) is 13.2 Å². The van der Waals surface area contributed by atoms with Crippen LogP contribution >= 0.6 is 23.2 Å². The number of aliphatic hydroxyl groups is 1. The molecule has 0 aliphatic heterocycles. The average Bonchev–Trinajstić information content (AvgIpc) is 2.57. The summed E-state index contributed by atoms with van der Waals surface area (Å²) in [4.78, 5) is 24.1. The first-order chi connectivity index (χ1) is 12.8. The summed E-state index contributed by atoms with van der Waals surface area (Å²) >= 11 is 11.8. The summed E-state index contributed by atoms with van der Waals surface area (Å²) in [6, 6.07) is 8.49. The highest BCUT2D eigenvalue weighted by molar-refractivity contribution is 6.34. The minimum Gasteiger partial charge on any atom is -0.373 e. The summed E-state index contributed by atoms with van der Waals surface area (Å²) in [5.74, 6) is -2.22. The molecular formula is C18H15Cl2F3N2O3. The molecule has 2 rings (SSSR count). The van der Waals surface area contributed by atoms with Gasteiger partial charge in [0.15, 0.2) is 0 Å². The second-order valence-electron chi connectivity index (χ2n) is 6.13. The number of aryl methyl sites for hydroxylation is 1. The van der Waals surface area contributed by atoms with Crippen LogP contribution in [-0.2, 0) is 4.79 Å². The lowest BCUT2D eigenvalue weighted by Crippen LogP contribution is -2.52. The quantitative estimate of drug-likeness (QED) is 0.646. The van der Waals surface area contributed by atoms with Crippen LogP contribution in [0.4, 0.5) is 24.5 Å². The van der Waals surface area contributed by atoms with Crippen LogP contribution < -0.4 is 10.6 Å². The third-order valence-electron chi connectivity index (χ3n) is 3.91. The fourth-order valence-corrected chi connectivity index (χ4v) is 2.55. The highest BCUT2D eigenvalue weighted by Crippen LogP contribution is 2.32. The van der Waals surface area contributed by atoms with E-state index >= 15 is 0 Å². The monoisotopic (exact) mass is 434 g/mol. The Hall–Kier alpha value is -2.29. The van der Waals surface area contributed by atoms with Gasteiger partial charge in [-0.1, -0.05) is 23.2 Å². The van der Waals surface area contributed by atoms with Crippen molar-refractivity contribution in [3.63, 3.8) is 0 Å². The lowest BCUT2D eigenvalue weighted by molar-refractivity contribution is -0.242. The molecule has 3 N–H and O–H groups in total. The van der Waals surface area contributed by atoms with Crippen LogP contribution in [0.2, 0.25) is 10.0 Å². The maximum Gasteiger partial charge on any atom is 0.426 e. The molecule has 2 amide bonds. The van der Waals surface area contributed by atoms with Gasteiger partial charge in [-0.25, -0.2) is 0 Å². The molecule has 2 aromatic rings. The molecule has 0 bridgehead atoms. The van der Waals surface area contributed by atoms with E-state index in [0.29, 0.717) is 17.6 Å². The Morgan fingerprint density at radius 2 is 1.61 bits per heavy atom. The fourth-order valence-electron chi connectivity index (χ4n) is 2.09. The standard InChI is InChI=1S/C18H15Cl2F3N2O3/c1-9-7-11(19)4-6-13(9)24-15(26)10-3-5-14(12(20)8-10)25-16(27)17(2,28)18(21,22)23/h3-8,28H,1-2H3,(H,24,26)(H,25,27). The molecule has 1 atom stereocenters. The van der Waals surface area contributed by atoms with Crippen molar-refractivity contribution in [1.82, 2.24) is 0 Å². The molecule has 0 aromatic heterocycles. The number of hydrogen-bond acceptors (Lipinski definition) is 3. The van der Waals surface area contributed by atoms with Crippen LogP contribution in [0.25, 0.3) is 0 Å². The van der Waals surface area contributed by atoms with Crippen LogP contribution in [0.15, 0.2) is 36.4 Å². The molecular weight excluding hydrogens is 420 g/mol. The predicted octanol–water partition coefficient (Wildman–Crippen LogP) is 4.81. The second kappa shape index (κ2) is 7.98. The summed E-state index contributed by atoms with van der Waals surface area (Å²) in [7, 11) is 0. The molecule has 5 nitrogen and oxygen atoms in total. The number of alkyl halides is 3. The van der Waals surface area contributed by atoms with Crippen molar-refractivity contribution in [3.05, 3.63) is 57.6 Å².